The number of H-pyrrole nitrogens is 1. The topological polar surface area (TPSA) is 256 Å². The fourth-order valence-corrected chi connectivity index (χ4v) is 4.84. The second-order valence-corrected chi connectivity index (χ2v) is 11.3. The van der Waals surface area contributed by atoms with E-state index in [1.807, 2.05) is 24.3 Å². The van der Waals surface area contributed by atoms with Crippen LogP contribution in [0, 0.1) is 5.92 Å². The number of fused-ring (bicyclic) bond motifs is 1. The minimum absolute atomic E-state index is 0.00915. The van der Waals surface area contributed by atoms with Gasteiger partial charge in [-0.2, -0.15) is 0 Å². The number of amides is 4. The van der Waals surface area contributed by atoms with Gasteiger partial charge in [-0.1, -0.05) is 50.6 Å². The Kier molecular flexibility index (Phi) is 13.3. The van der Waals surface area contributed by atoms with Crippen LogP contribution in [-0.4, -0.2) is 98.4 Å². The summed E-state index contributed by atoms with van der Waals surface area (Å²) in [5.41, 5.74) is 7.68. The van der Waals surface area contributed by atoms with Crippen molar-refractivity contribution in [1.29, 1.82) is 0 Å². The Balaban J connectivity index is 1.95. The molecule has 0 saturated carbocycles. The van der Waals surface area contributed by atoms with Crippen LogP contribution < -0.4 is 27.0 Å². The van der Waals surface area contributed by atoms with Crippen LogP contribution in [0.3, 0.4) is 0 Å². The van der Waals surface area contributed by atoms with Crippen molar-refractivity contribution in [2.45, 2.75) is 63.3 Å². The van der Waals surface area contributed by atoms with E-state index in [9.17, 15) is 44.4 Å². The van der Waals surface area contributed by atoms with Crippen molar-refractivity contribution < 1.29 is 44.4 Å². The molecule has 6 atom stereocenters. The summed E-state index contributed by atoms with van der Waals surface area (Å²) >= 11 is 0. The van der Waals surface area contributed by atoms with Crippen LogP contribution in [0.15, 0.2) is 54.7 Å². The van der Waals surface area contributed by atoms with Gasteiger partial charge < -0.3 is 52.4 Å². The van der Waals surface area contributed by atoms with Gasteiger partial charge in [0.2, 0.25) is 23.6 Å². The van der Waals surface area contributed by atoms with Crippen LogP contribution >= 0.6 is 0 Å². The zero-order valence-corrected chi connectivity index (χ0v) is 26.1. The van der Waals surface area contributed by atoms with Crippen molar-refractivity contribution in [3.63, 3.8) is 0 Å². The second-order valence-electron chi connectivity index (χ2n) is 11.3. The molecule has 0 fully saturated rings. The summed E-state index contributed by atoms with van der Waals surface area (Å²) in [6, 6.07) is 6.53. The van der Waals surface area contributed by atoms with E-state index in [0.29, 0.717) is 17.5 Å². The molecule has 1 aromatic heterocycles. The van der Waals surface area contributed by atoms with Gasteiger partial charge in [0.25, 0.3) is 0 Å². The number of carboxylic acids is 1. The second kappa shape index (κ2) is 17.1. The SMILES string of the molecule is CC[C@H](C)[C@H](NC(=O)[C@H](Cc1c[nH]c2ccccc12)NC(=O)[C@H](Cc1ccc(O)cc1)NC(=O)[C@@H](N)CO)C(=O)N[C@@H](CO)C(=O)O. The first kappa shape index (κ1) is 36.5. The fourth-order valence-electron chi connectivity index (χ4n) is 4.84. The molecule has 15 nitrogen and oxygen atoms in total. The Morgan fingerprint density at radius 1 is 0.787 bits per heavy atom. The average Bonchev–Trinajstić information content (AvgIpc) is 3.47. The zero-order valence-electron chi connectivity index (χ0n) is 26.1. The largest absolute Gasteiger partial charge is 0.508 e. The molecule has 0 saturated heterocycles. The lowest BCUT2D eigenvalue weighted by molar-refractivity contribution is -0.143. The number of aliphatic hydroxyl groups is 2. The average molecular weight is 655 g/mol. The first-order valence-corrected chi connectivity index (χ1v) is 15.1. The number of aromatic hydroxyl groups is 1. The van der Waals surface area contributed by atoms with Gasteiger partial charge in [0.1, 0.15) is 36.0 Å². The van der Waals surface area contributed by atoms with Crippen LogP contribution in [0.25, 0.3) is 10.9 Å². The van der Waals surface area contributed by atoms with Gasteiger partial charge in [-0.05, 0) is 35.2 Å². The fraction of sp³-hybridized carbons (Fsp3) is 0.406. The number of phenols is 1. The maximum atomic E-state index is 13.9. The summed E-state index contributed by atoms with van der Waals surface area (Å²) in [5.74, 6) is -5.12. The minimum Gasteiger partial charge on any atom is -0.508 e. The molecule has 11 N–H and O–H groups in total. The summed E-state index contributed by atoms with van der Waals surface area (Å²) in [4.78, 5) is 68.0. The number of aromatic amines is 1. The maximum Gasteiger partial charge on any atom is 0.328 e. The molecule has 3 aromatic rings. The number of nitrogens with one attached hydrogen (secondary N) is 5. The molecular formula is C32H42N6O9. The highest BCUT2D eigenvalue weighted by molar-refractivity contribution is 5.96. The number of carbonyl (C=O) groups is 5. The van der Waals surface area contributed by atoms with Crippen molar-refractivity contribution in [3.8, 4) is 5.75 Å². The lowest BCUT2D eigenvalue weighted by Crippen LogP contribution is -2.60. The quantitative estimate of drug-likeness (QED) is 0.0853. The normalized spacial score (nSPS) is 15.0. The Bertz CT molecular complexity index is 1540. The number of aromatic nitrogens is 1. The molecule has 0 spiro atoms. The standard InChI is InChI=1S/C32H42N6O9/c1-3-17(2)27(31(45)37-26(16-40)32(46)47)38-30(44)25(13-19-14-34-23-7-5-4-6-21(19)23)36-29(43)24(35-28(42)22(33)15-39)12-18-8-10-20(41)11-9-18/h4-11,14,17,22,24-27,34,39-41H,3,12-13,15-16,33H2,1-2H3,(H,35,42)(H,36,43)(H,37,45)(H,38,44)(H,46,47)/t17-,22-,24-,25-,26-,27-/m0/s1. The summed E-state index contributed by atoms with van der Waals surface area (Å²) in [5, 5.41) is 48.6. The maximum absolute atomic E-state index is 13.9. The number of para-hydroxylation sites is 1. The van der Waals surface area contributed by atoms with E-state index in [2.05, 4.69) is 26.3 Å². The molecule has 2 aromatic carbocycles. The summed E-state index contributed by atoms with van der Waals surface area (Å²) in [6.45, 7) is 1.91. The van der Waals surface area contributed by atoms with Gasteiger partial charge in [-0.15, -0.1) is 0 Å². The van der Waals surface area contributed by atoms with Gasteiger partial charge in [0.05, 0.1) is 13.2 Å². The molecule has 0 aliphatic carbocycles. The van der Waals surface area contributed by atoms with E-state index in [-0.39, 0.29) is 18.6 Å². The summed E-state index contributed by atoms with van der Waals surface area (Å²) < 4.78 is 0. The molecule has 47 heavy (non-hydrogen) atoms. The molecule has 0 aliphatic heterocycles. The van der Waals surface area contributed by atoms with E-state index in [1.165, 1.54) is 12.1 Å². The van der Waals surface area contributed by atoms with Gasteiger partial charge in [0, 0.05) is 29.9 Å². The first-order valence-electron chi connectivity index (χ1n) is 15.1. The zero-order chi connectivity index (χ0) is 34.7. The Hall–Kier alpha value is -4.99. The number of carboxylic acid groups (broad SMARTS) is 1. The molecular weight excluding hydrogens is 612 g/mol. The summed E-state index contributed by atoms with van der Waals surface area (Å²) in [6.07, 6.45) is 2.00. The van der Waals surface area contributed by atoms with Crippen LogP contribution in [0.2, 0.25) is 0 Å². The van der Waals surface area contributed by atoms with Crippen molar-refractivity contribution in [1.82, 2.24) is 26.3 Å². The Morgan fingerprint density at radius 2 is 1.38 bits per heavy atom. The van der Waals surface area contributed by atoms with E-state index in [4.69, 9.17) is 5.73 Å². The minimum atomic E-state index is -1.60. The predicted molar refractivity (Wildman–Crippen MR) is 171 cm³/mol. The number of aliphatic hydroxyl groups excluding tert-OH is 2. The van der Waals surface area contributed by atoms with Gasteiger partial charge >= 0.3 is 5.97 Å². The van der Waals surface area contributed by atoms with Crippen LogP contribution in [-0.2, 0) is 36.8 Å². The summed E-state index contributed by atoms with van der Waals surface area (Å²) in [7, 11) is 0. The van der Waals surface area contributed by atoms with Crippen LogP contribution in [0.1, 0.15) is 31.4 Å². The third-order valence-corrected chi connectivity index (χ3v) is 7.86. The molecule has 4 amide bonds. The number of hydrogen-bond acceptors (Lipinski definition) is 9. The van der Waals surface area contributed by atoms with Crippen LogP contribution in [0.5, 0.6) is 5.75 Å². The van der Waals surface area contributed by atoms with Crippen molar-refractivity contribution >= 4 is 40.5 Å². The molecule has 0 aliphatic rings. The lowest BCUT2D eigenvalue weighted by atomic mass is 9.96. The van der Waals surface area contributed by atoms with E-state index in [1.54, 1.807) is 32.2 Å². The van der Waals surface area contributed by atoms with Gasteiger partial charge in [-0.3, -0.25) is 19.2 Å². The number of aliphatic carboxylic acids is 1. The van der Waals surface area contributed by atoms with E-state index in [0.717, 1.165) is 10.9 Å². The van der Waals surface area contributed by atoms with Crippen LogP contribution in [0.4, 0.5) is 0 Å². The smallest absolute Gasteiger partial charge is 0.328 e. The van der Waals surface area contributed by atoms with Crippen molar-refractivity contribution in [2.24, 2.45) is 11.7 Å². The number of rotatable bonds is 17. The number of phenolic OH excluding ortho intramolecular Hbond substituents is 1. The third-order valence-electron chi connectivity index (χ3n) is 7.86. The molecule has 0 bridgehead atoms. The van der Waals surface area contributed by atoms with Gasteiger partial charge in [0.15, 0.2) is 0 Å². The van der Waals surface area contributed by atoms with Gasteiger partial charge in [-0.25, -0.2) is 4.79 Å². The predicted octanol–water partition coefficient (Wildman–Crippen LogP) is -0.959. The van der Waals surface area contributed by atoms with E-state index < -0.39 is 78.9 Å². The highest BCUT2D eigenvalue weighted by Crippen LogP contribution is 2.20. The van der Waals surface area contributed by atoms with E-state index >= 15 is 0 Å². The first-order chi connectivity index (χ1) is 22.4. The third kappa shape index (κ3) is 10.00. The number of hydrogen-bond donors (Lipinski definition) is 10. The molecule has 0 radical (unpaired) electrons. The highest BCUT2D eigenvalue weighted by Gasteiger charge is 2.34. The van der Waals surface area contributed by atoms with Crippen molar-refractivity contribution in [2.75, 3.05) is 13.2 Å². The lowest BCUT2D eigenvalue weighted by Gasteiger charge is -2.28. The molecule has 3 rings (SSSR count). The highest BCUT2D eigenvalue weighted by atomic mass is 16.4. The molecule has 0 unspecified atom stereocenters. The molecule has 15 heteroatoms. The number of nitrogens with two attached hydrogens (primary N) is 1. The Labute approximate surface area is 270 Å². The van der Waals surface area contributed by atoms with Crippen molar-refractivity contribution in [3.05, 3.63) is 65.9 Å². The Morgan fingerprint density at radius 3 is 2.00 bits per heavy atom. The number of carbonyl (C=O) groups excluding carboxylic acids is 4. The number of benzene rings is 2. The molecule has 1 heterocycles. The monoisotopic (exact) mass is 654 g/mol. The molecule has 254 valence electrons.